The zero-order valence-corrected chi connectivity index (χ0v) is 20.9. The van der Waals surface area contributed by atoms with Gasteiger partial charge >= 0.3 is 0 Å². The lowest BCUT2D eigenvalue weighted by Gasteiger charge is -2.29. The molecular formula is C23H31ClN2O5S. The number of para-hydroxylation sites is 1. The van der Waals surface area contributed by atoms with E-state index in [4.69, 9.17) is 21.1 Å². The smallest absolute Gasteiger partial charge is 0.243 e. The minimum absolute atomic E-state index is 0.0830. The number of benzene rings is 2. The number of anilines is 1. The number of halogens is 1. The molecule has 0 radical (unpaired) electrons. The van der Waals surface area contributed by atoms with Crippen LogP contribution in [0.5, 0.6) is 11.5 Å². The molecule has 0 aliphatic heterocycles. The number of carbonyl (C=O) groups excluding carboxylic acids is 1. The van der Waals surface area contributed by atoms with Gasteiger partial charge in [-0.1, -0.05) is 50.6 Å². The summed E-state index contributed by atoms with van der Waals surface area (Å²) in [7, 11) is -2.38. The van der Waals surface area contributed by atoms with Crippen LogP contribution in [-0.2, 0) is 20.2 Å². The molecule has 1 N–H and O–H groups in total. The van der Waals surface area contributed by atoms with Crippen molar-refractivity contribution in [3.63, 3.8) is 0 Å². The topological polar surface area (TPSA) is 84.9 Å². The highest BCUT2D eigenvalue weighted by Gasteiger charge is 2.31. The SMILES string of the molecule is COc1ccc(Cl)cc1N([C@@H](C)C(=O)NCCOc1ccccc1C(C)(C)C)S(C)(=O)=O. The van der Waals surface area contributed by atoms with Gasteiger partial charge in [-0.05, 0) is 42.2 Å². The number of hydrogen-bond acceptors (Lipinski definition) is 5. The van der Waals surface area contributed by atoms with Crippen LogP contribution in [0.1, 0.15) is 33.3 Å². The van der Waals surface area contributed by atoms with E-state index in [0.29, 0.717) is 10.8 Å². The lowest BCUT2D eigenvalue weighted by molar-refractivity contribution is -0.121. The van der Waals surface area contributed by atoms with Crippen LogP contribution in [0.2, 0.25) is 5.02 Å². The zero-order chi connectivity index (χ0) is 24.1. The molecule has 1 amide bonds. The van der Waals surface area contributed by atoms with Gasteiger partial charge < -0.3 is 14.8 Å². The summed E-state index contributed by atoms with van der Waals surface area (Å²) in [5, 5.41) is 3.07. The van der Waals surface area contributed by atoms with Gasteiger partial charge in [0.15, 0.2) is 0 Å². The molecule has 7 nitrogen and oxygen atoms in total. The molecule has 0 aliphatic rings. The Balaban J connectivity index is 2.10. The Kier molecular flexibility index (Phi) is 8.42. The van der Waals surface area contributed by atoms with E-state index in [2.05, 4.69) is 26.1 Å². The molecule has 2 aromatic carbocycles. The summed E-state index contributed by atoms with van der Waals surface area (Å²) in [6.45, 7) is 8.26. The van der Waals surface area contributed by atoms with Crippen molar-refractivity contribution >= 4 is 33.2 Å². The van der Waals surface area contributed by atoms with E-state index in [1.165, 1.54) is 20.1 Å². The second-order valence-corrected chi connectivity index (χ2v) is 10.7. The second-order valence-electron chi connectivity index (χ2n) is 8.44. The third-order valence-electron chi connectivity index (χ3n) is 4.82. The Labute approximate surface area is 195 Å². The van der Waals surface area contributed by atoms with Gasteiger partial charge in [-0.2, -0.15) is 0 Å². The Morgan fingerprint density at radius 3 is 2.41 bits per heavy atom. The Morgan fingerprint density at radius 1 is 1.16 bits per heavy atom. The Bertz CT molecular complexity index is 1050. The number of amides is 1. The van der Waals surface area contributed by atoms with Crippen LogP contribution in [0, 0.1) is 0 Å². The molecule has 0 fully saturated rings. The molecule has 0 saturated heterocycles. The minimum atomic E-state index is -3.80. The number of methoxy groups -OCH3 is 1. The van der Waals surface area contributed by atoms with E-state index >= 15 is 0 Å². The number of rotatable bonds is 9. The fraction of sp³-hybridized carbons (Fsp3) is 0.435. The first-order valence-electron chi connectivity index (χ1n) is 10.2. The van der Waals surface area contributed by atoms with Gasteiger partial charge in [0, 0.05) is 5.02 Å². The fourth-order valence-corrected chi connectivity index (χ4v) is 4.65. The van der Waals surface area contributed by atoms with E-state index in [0.717, 1.165) is 21.9 Å². The monoisotopic (exact) mass is 482 g/mol. The predicted octanol–water partition coefficient (Wildman–Crippen LogP) is 4.00. The van der Waals surface area contributed by atoms with Crippen molar-refractivity contribution < 1.29 is 22.7 Å². The highest BCUT2D eigenvalue weighted by atomic mass is 35.5. The Morgan fingerprint density at radius 2 is 1.81 bits per heavy atom. The van der Waals surface area contributed by atoms with Gasteiger partial charge in [0.2, 0.25) is 15.9 Å². The summed E-state index contributed by atoms with van der Waals surface area (Å²) in [4.78, 5) is 12.8. The van der Waals surface area contributed by atoms with Crippen molar-refractivity contribution in [1.29, 1.82) is 0 Å². The van der Waals surface area contributed by atoms with Crippen molar-refractivity contribution in [1.82, 2.24) is 5.32 Å². The normalized spacial score (nSPS) is 12.7. The first-order valence-corrected chi connectivity index (χ1v) is 12.4. The molecule has 2 aromatic rings. The molecule has 0 heterocycles. The second kappa shape index (κ2) is 10.4. The van der Waals surface area contributed by atoms with Crippen LogP contribution in [0.15, 0.2) is 42.5 Å². The summed E-state index contributed by atoms with van der Waals surface area (Å²) in [5.74, 6) is 0.579. The summed E-state index contributed by atoms with van der Waals surface area (Å²) in [5.41, 5.74) is 1.18. The molecule has 0 aliphatic carbocycles. The maximum atomic E-state index is 12.8. The number of ether oxygens (including phenoxy) is 2. The average Bonchev–Trinajstić information content (AvgIpc) is 2.70. The van der Waals surface area contributed by atoms with E-state index in [9.17, 15) is 13.2 Å². The van der Waals surface area contributed by atoms with E-state index < -0.39 is 22.0 Å². The highest BCUT2D eigenvalue weighted by molar-refractivity contribution is 7.92. The summed E-state index contributed by atoms with van der Waals surface area (Å²) < 4.78 is 37.2. The fourth-order valence-electron chi connectivity index (χ4n) is 3.31. The third-order valence-corrected chi connectivity index (χ3v) is 6.28. The summed E-state index contributed by atoms with van der Waals surface area (Å²) >= 11 is 6.06. The van der Waals surface area contributed by atoms with Crippen LogP contribution in [0.25, 0.3) is 0 Å². The Hall–Kier alpha value is -2.45. The predicted molar refractivity (Wildman–Crippen MR) is 128 cm³/mol. The molecule has 9 heteroatoms. The van der Waals surface area contributed by atoms with Crippen molar-refractivity contribution in [3.05, 3.63) is 53.1 Å². The van der Waals surface area contributed by atoms with Crippen LogP contribution in [-0.4, -0.2) is 46.9 Å². The molecule has 2 rings (SSSR count). The van der Waals surface area contributed by atoms with Crippen molar-refractivity contribution in [3.8, 4) is 11.5 Å². The lowest BCUT2D eigenvalue weighted by Crippen LogP contribution is -2.48. The maximum absolute atomic E-state index is 12.8. The van der Waals surface area contributed by atoms with Crippen molar-refractivity contribution in [2.45, 2.75) is 39.2 Å². The van der Waals surface area contributed by atoms with E-state index in [-0.39, 0.29) is 24.3 Å². The van der Waals surface area contributed by atoms with Crippen LogP contribution in [0.3, 0.4) is 0 Å². The quantitative estimate of drug-likeness (QED) is 0.546. The largest absolute Gasteiger partial charge is 0.495 e. The molecule has 1 atom stereocenters. The average molecular weight is 483 g/mol. The van der Waals surface area contributed by atoms with E-state index in [1.54, 1.807) is 12.1 Å². The molecule has 0 bridgehead atoms. The lowest BCUT2D eigenvalue weighted by atomic mass is 9.86. The number of hydrogen-bond donors (Lipinski definition) is 1. The third kappa shape index (κ3) is 6.53. The maximum Gasteiger partial charge on any atom is 0.243 e. The summed E-state index contributed by atoms with van der Waals surface area (Å²) in [6.07, 6.45) is 1.03. The van der Waals surface area contributed by atoms with E-state index in [1.807, 2.05) is 24.3 Å². The van der Waals surface area contributed by atoms with Gasteiger partial charge in [0.25, 0.3) is 0 Å². The molecule has 0 aromatic heterocycles. The van der Waals surface area contributed by atoms with Gasteiger partial charge in [-0.25, -0.2) is 8.42 Å². The minimum Gasteiger partial charge on any atom is -0.495 e. The number of nitrogens with zero attached hydrogens (tertiary/aromatic N) is 1. The molecule has 0 spiro atoms. The highest BCUT2D eigenvalue weighted by Crippen LogP contribution is 2.34. The van der Waals surface area contributed by atoms with Gasteiger partial charge in [0.05, 0.1) is 25.6 Å². The standard InChI is InChI=1S/C23H31ClN2O5S/c1-16(26(32(6,28)29)19-15-17(24)11-12-21(19)30-5)22(27)25-13-14-31-20-10-8-7-9-18(20)23(2,3)4/h7-12,15-16H,13-14H2,1-6H3,(H,25,27)/t16-/m0/s1. The van der Waals surface area contributed by atoms with Crippen molar-refractivity contribution in [2.24, 2.45) is 0 Å². The molecule has 0 unspecified atom stereocenters. The molecule has 32 heavy (non-hydrogen) atoms. The number of nitrogens with one attached hydrogen (secondary N) is 1. The number of sulfonamides is 1. The zero-order valence-electron chi connectivity index (χ0n) is 19.3. The van der Waals surface area contributed by atoms with Crippen LogP contribution >= 0.6 is 11.6 Å². The first kappa shape index (κ1) is 25.8. The van der Waals surface area contributed by atoms with Crippen LogP contribution < -0.4 is 19.1 Å². The van der Waals surface area contributed by atoms with Gasteiger partial charge in [-0.3, -0.25) is 9.10 Å². The molecule has 176 valence electrons. The number of carbonyl (C=O) groups is 1. The first-order chi connectivity index (χ1) is 14.9. The van der Waals surface area contributed by atoms with Gasteiger partial charge in [-0.15, -0.1) is 0 Å². The summed E-state index contributed by atoms with van der Waals surface area (Å²) in [6, 6.07) is 11.3. The van der Waals surface area contributed by atoms with Gasteiger partial charge in [0.1, 0.15) is 24.1 Å². The van der Waals surface area contributed by atoms with Crippen molar-refractivity contribution in [2.75, 3.05) is 30.8 Å². The molecule has 0 saturated carbocycles. The van der Waals surface area contributed by atoms with Crippen LogP contribution in [0.4, 0.5) is 5.69 Å². The molecular weight excluding hydrogens is 452 g/mol.